The van der Waals surface area contributed by atoms with Crippen LogP contribution in [0.2, 0.25) is 0 Å². The van der Waals surface area contributed by atoms with Crippen LogP contribution in [0, 0.1) is 28.6 Å². The molecule has 0 aromatic rings. The van der Waals surface area contributed by atoms with Gasteiger partial charge in [-0.25, -0.2) is 4.39 Å². The lowest BCUT2D eigenvalue weighted by Gasteiger charge is -2.50. The molecule has 4 atom stereocenters. The molecule has 1 rings (SSSR count). The van der Waals surface area contributed by atoms with Gasteiger partial charge in [0.15, 0.2) is 0 Å². The number of ether oxygens (including phenoxy) is 1. The third-order valence-corrected chi connectivity index (χ3v) is 4.20. The first-order valence-corrected chi connectivity index (χ1v) is 6.77. The molecule has 0 spiro atoms. The van der Waals surface area contributed by atoms with E-state index in [0.717, 1.165) is 6.61 Å². The van der Waals surface area contributed by atoms with Crippen molar-refractivity contribution in [2.45, 2.75) is 54.6 Å². The van der Waals surface area contributed by atoms with Crippen LogP contribution >= 0.6 is 0 Å². The Kier molecular flexibility index (Phi) is 4.28. The highest BCUT2D eigenvalue weighted by atomic mass is 19.1. The molecule has 2 heteroatoms. The van der Waals surface area contributed by atoms with E-state index in [2.05, 4.69) is 41.5 Å². The lowest BCUT2D eigenvalue weighted by atomic mass is 9.58. The monoisotopic (exact) mass is 244 g/mol. The summed E-state index contributed by atoms with van der Waals surface area (Å²) in [5.74, 6) is 0.851. The Morgan fingerprint density at radius 1 is 1.00 bits per heavy atom. The zero-order valence-corrected chi connectivity index (χ0v) is 12.5. The van der Waals surface area contributed by atoms with Crippen LogP contribution in [0.5, 0.6) is 0 Å². The van der Waals surface area contributed by atoms with Gasteiger partial charge in [-0.1, -0.05) is 41.5 Å². The summed E-state index contributed by atoms with van der Waals surface area (Å²) in [5, 5.41) is 0. The number of alkyl halides is 1. The van der Waals surface area contributed by atoms with Crippen LogP contribution in [0.25, 0.3) is 0 Å². The van der Waals surface area contributed by atoms with Crippen molar-refractivity contribution in [1.82, 2.24) is 0 Å². The van der Waals surface area contributed by atoms with Crippen LogP contribution in [0.1, 0.15) is 48.5 Å². The largest absolute Gasteiger partial charge is 0.381 e. The number of halogens is 1. The van der Waals surface area contributed by atoms with Gasteiger partial charge in [0, 0.05) is 5.92 Å². The molecule has 0 aromatic carbocycles. The quantitative estimate of drug-likeness (QED) is 0.667. The smallest absolute Gasteiger partial charge is 0.103 e. The van der Waals surface area contributed by atoms with Gasteiger partial charge in [-0.15, -0.1) is 0 Å². The van der Waals surface area contributed by atoms with E-state index < -0.39 is 6.17 Å². The molecule has 0 saturated carbocycles. The molecule has 1 aliphatic rings. The van der Waals surface area contributed by atoms with Crippen molar-refractivity contribution in [2.75, 3.05) is 13.2 Å². The van der Waals surface area contributed by atoms with E-state index in [9.17, 15) is 4.39 Å². The van der Waals surface area contributed by atoms with Gasteiger partial charge >= 0.3 is 0 Å². The summed E-state index contributed by atoms with van der Waals surface area (Å²) in [5.41, 5.74) is 0.304. The van der Waals surface area contributed by atoms with Gasteiger partial charge in [0.1, 0.15) is 6.17 Å². The summed E-state index contributed by atoms with van der Waals surface area (Å²) in [6.45, 7) is 16.4. The highest BCUT2D eigenvalue weighted by Gasteiger charge is 2.47. The normalized spacial score (nSPS) is 33.5. The Balaban J connectivity index is 3.04. The SMILES string of the molecule is CC(F)C1COC[C@H](C(C)(C)C)C1C(C)(C)C. The highest BCUT2D eigenvalue weighted by molar-refractivity contribution is 4.94. The molecular weight excluding hydrogens is 215 g/mol. The molecule has 0 bridgehead atoms. The Morgan fingerprint density at radius 2 is 1.53 bits per heavy atom. The van der Waals surface area contributed by atoms with Crippen LogP contribution < -0.4 is 0 Å². The second-order valence-corrected chi connectivity index (χ2v) is 7.74. The minimum Gasteiger partial charge on any atom is -0.381 e. The first kappa shape index (κ1) is 14.9. The van der Waals surface area contributed by atoms with Crippen LogP contribution in [-0.4, -0.2) is 19.4 Å². The Bertz CT molecular complexity index is 247. The Morgan fingerprint density at radius 3 is 1.88 bits per heavy atom. The Labute approximate surface area is 106 Å². The third kappa shape index (κ3) is 3.43. The Hall–Kier alpha value is -0.110. The van der Waals surface area contributed by atoms with Crippen molar-refractivity contribution in [2.24, 2.45) is 28.6 Å². The molecule has 0 aliphatic carbocycles. The fraction of sp³-hybridized carbons (Fsp3) is 1.00. The minimum atomic E-state index is -0.788. The van der Waals surface area contributed by atoms with Crippen molar-refractivity contribution in [3.05, 3.63) is 0 Å². The molecule has 17 heavy (non-hydrogen) atoms. The standard InChI is InChI=1S/C15H29FO/c1-10(16)11-8-17-9-12(14(2,3)4)13(11)15(5,6)7/h10-13H,8-9H2,1-7H3/t10?,11?,12-,13?/m0/s1. The summed E-state index contributed by atoms with van der Waals surface area (Å²) < 4.78 is 19.5. The van der Waals surface area contributed by atoms with Crippen LogP contribution in [-0.2, 0) is 4.74 Å². The zero-order valence-electron chi connectivity index (χ0n) is 12.5. The fourth-order valence-electron chi connectivity index (χ4n) is 3.29. The predicted molar refractivity (Wildman–Crippen MR) is 70.8 cm³/mol. The summed E-state index contributed by atoms with van der Waals surface area (Å²) in [6.07, 6.45) is -0.788. The fourth-order valence-corrected chi connectivity index (χ4v) is 3.29. The number of hydrogen-bond donors (Lipinski definition) is 0. The molecule has 0 radical (unpaired) electrons. The average Bonchev–Trinajstić information content (AvgIpc) is 2.13. The average molecular weight is 244 g/mol. The highest BCUT2D eigenvalue weighted by Crippen LogP contribution is 2.48. The molecule has 102 valence electrons. The van der Waals surface area contributed by atoms with E-state index in [-0.39, 0.29) is 16.7 Å². The van der Waals surface area contributed by atoms with Gasteiger partial charge in [-0.05, 0) is 29.6 Å². The van der Waals surface area contributed by atoms with Crippen molar-refractivity contribution < 1.29 is 9.13 Å². The maximum atomic E-state index is 13.8. The molecule has 3 unspecified atom stereocenters. The first-order valence-electron chi connectivity index (χ1n) is 6.77. The topological polar surface area (TPSA) is 9.23 Å². The van der Waals surface area contributed by atoms with E-state index in [1.165, 1.54) is 0 Å². The first-order chi connectivity index (χ1) is 7.55. The molecule has 1 fully saturated rings. The number of rotatable bonds is 1. The lowest BCUT2D eigenvalue weighted by molar-refractivity contribution is -0.122. The maximum Gasteiger partial charge on any atom is 0.103 e. The molecule has 0 amide bonds. The summed E-state index contributed by atoms with van der Waals surface area (Å²) in [6, 6.07) is 0. The third-order valence-electron chi connectivity index (χ3n) is 4.20. The van der Waals surface area contributed by atoms with E-state index in [4.69, 9.17) is 4.74 Å². The molecule has 1 saturated heterocycles. The van der Waals surface area contributed by atoms with E-state index >= 15 is 0 Å². The molecule has 0 aromatic heterocycles. The summed E-state index contributed by atoms with van der Waals surface area (Å²) in [7, 11) is 0. The van der Waals surface area contributed by atoms with Crippen LogP contribution in [0.3, 0.4) is 0 Å². The van der Waals surface area contributed by atoms with Gasteiger partial charge in [-0.2, -0.15) is 0 Å². The van der Waals surface area contributed by atoms with E-state index in [1.807, 2.05) is 0 Å². The van der Waals surface area contributed by atoms with Gasteiger partial charge in [-0.3, -0.25) is 0 Å². The van der Waals surface area contributed by atoms with Crippen molar-refractivity contribution in [3.8, 4) is 0 Å². The van der Waals surface area contributed by atoms with Crippen LogP contribution in [0.4, 0.5) is 4.39 Å². The van der Waals surface area contributed by atoms with Gasteiger partial charge in [0.25, 0.3) is 0 Å². The lowest BCUT2D eigenvalue weighted by Crippen LogP contribution is -2.50. The summed E-state index contributed by atoms with van der Waals surface area (Å²) >= 11 is 0. The van der Waals surface area contributed by atoms with E-state index in [0.29, 0.717) is 18.4 Å². The van der Waals surface area contributed by atoms with Crippen LogP contribution in [0.15, 0.2) is 0 Å². The predicted octanol–water partition coefficient (Wildman–Crippen LogP) is 4.32. The summed E-state index contributed by atoms with van der Waals surface area (Å²) in [4.78, 5) is 0. The molecule has 1 heterocycles. The molecular formula is C15H29FO. The molecule has 0 N–H and O–H groups in total. The van der Waals surface area contributed by atoms with Crippen molar-refractivity contribution in [3.63, 3.8) is 0 Å². The molecule has 1 nitrogen and oxygen atoms in total. The van der Waals surface area contributed by atoms with E-state index in [1.54, 1.807) is 6.92 Å². The van der Waals surface area contributed by atoms with Crippen molar-refractivity contribution in [1.29, 1.82) is 0 Å². The zero-order chi connectivity index (χ0) is 13.4. The maximum absolute atomic E-state index is 13.8. The van der Waals surface area contributed by atoms with Gasteiger partial charge < -0.3 is 4.74 Å². The molecule has 1 aliphatic heterocycles. The van der Waals surface area contributed by atoms with Crippen molar-refractivity contribution >= 4 is 0 Å². The second kappa shape index (κ2) is 4.87. The minimum absolute atomic E-state index is 0.0352. The van der Waals surface area contributed by atoms with Gasteiger partial charge in [0.05, 0.1) is 13.2 Å². The van der Waals surface area contributed by atoms with Gasteiger partial charge in [0.2, 0.25) is 0 Å². The number of hydrogen-bond acceptors (Lipinski definition) is 1. The second-order valence-electron chi connectivity index (χ2n) is 7.74.